The van der Waals surface area contributed by atoms with Gasteiger partial charge in [-0.3, -0.25) is 0 Å². The Labute approximate surface area is 154 Å². The summed E-state index contributed by atoms with van der Waals surface area (Å²) in [5, 5.41) is 7.14. The molecule has 4 heteroatoms. The van der Waals surface area contributed by atoms with Gasteiger partial charge < -0.3 is 15.2 Å². The summed E-state index contributed by atoms with van der Waals surface area (Å²) >= 11 is 5.45. The van der Waals surface area contributed by atoms with Gasteiger partial charge in [0.2, 0.25) is 0 Å². The Morgan fingerprint density at radius 1 is 0.880 bits per heavy atom. The molecule has 0 aliphatic rings. The number of benzene rings is 2. The third-order valence-corrected chi connectivity index (χ3v) is 4.51. The molecule has 0 spiro atoms. The van der Waals surface area contributed by atoms with Crippen molar-refractivity contribution in [2.75, 3.05) is 10.6 Å². The second kappa shape index (κ2) is 7.53. The van der Waals surface area contributed by atoms with Crippen LogP contribution in [-0.4, -0.2) is 9.68 Å². The van der Waals surface area contributed by atoms with E-state index in [0.29, 0.717) is 5.11 Å². The lowest BCUT2D eigenvalue weighted by Gasteiger charge is -2.14. The van der Waals surface area contributed by atoms with Crippen molar-refractivity contribution in [3.8, 4) is 5.69 Å². The maximum absolute atomic E-state index is 5.45. The van der Waals surface area contributed by atoms with Crippen molar-refractivity contribution in [3.05, 3.63) is 77.6 Å². The number of thiocarbonyl (C=S) groups is 1. The number of anilines is 2. The lowest BCUT2D eigenvalue weighted by molar-refractivity contribution is 0.966. The minimum absolute atomic E-state index is 0.599. The van der Waals surface area contributed by atoms with Crippen LogP contribution in [0.2, 0.25) is 0 Å². The molecule has 0 fully saturated rings. The summed E-state index contributed by atoms with van der Waals surface area (Å²) in [5.41, 5.74) is 6.88. The largest absolute Gasteiger partial charge is 0.332 e. The zero-order valence-corrected chi connectivity index (χ0v) is 15.7. The highest BCUT2D eigenvalue weighted by atomic mass is 32.1. The zero-order valence-electron chi connectivity index (χ0n) is 14.8. The van der Waals surface area contributed by atoms with Crippen molar-refractivity contribution in [1.29, 1.82) is 0 Å². The highest BCUT2D eigenvalue weighted by Gasteiger charge is 2.05. The number of hydrogen-bond acceptors (Lipinski definition) is 1. The summed E-state index contributed by atoms with van der Waals surface area (Å²) in [6, 6.07) is 20.8. The van der Waals surface area contributed by atoms with E-state index in [1.807, 2.05) is 30.3 Å². The van der Waals surface area contributed by atoms with Gasteiger partial charge in [0.15, 0.2) is 5.11 Å². The van der Waals surface area contributed by atoms with Gasteiger partial charge in [-0.15, -0.1) is 0 Å². The van der Waals surface area contributed by atoms with Crippen LogP contribution in [0.15, 0.2) is 60.7 Å². The number of aromatic nitrogens is 1. The molecule has 0 atom stereocenters. The van der Waals surface area contributed by atoms with Gasteiger partial charge >= 0.3 is 0 Å². The third kappa shape index (κ3) is 3.91. The van der Waals surface area contributed by atoms with E-state index in [9.17, 15) is 0 Å². The maximum atomic E-state index is 5.45. The van der Waals surface area contributed by atoms with Crippen LogP contribution < -0.4 is 10.6 Å². The smallest absolute Gasteiger partial charge is 0.175 e. The fourth-order valence-electron chi connectivity index (χ4n) is 3.00. The van der Waals surface area contributed by atoms with Gasteiger partial charge in [0, 0.05) is 28.5 Å². The summed E-state index contributed by atoms with van der Waals surface area (Å²) in [6.45, 7) is 6.37. The zero-order chi connectivity index (χ0) is 17.8. The third-order valence-electron chi connectivity index (χ3n) is 4.30. The van der Waals surface area contributed by atoms with Crippen LogP contribution >= 0.6 is 12.2 Å². The van der Waals surface area contributed by atoms with Gasteiger partial charge in [-0.2, -0.15) is 0 Å². The highest BCUT2D eigenvalue weighted by Crippen LogP contribution is 2.19. The van der Waals surface area contributed by atoms with Gasteiger partial charge in [0.25, 0.3) is 0 Å². The van der Waals surface area contributed by atoms with E-state index in [4.69, 9.17) is 12.2 Å². The Balaban J connectivity index is 1.70. The Morgan fingerprint density at radius 2 is 1.52 bits per heavy atom. The van der Waals surface area contributed by atoms with Crippen LogP contribution in [-0.2, 0) is 6.42 Å². The molecule has 128 valence electrons. The lowest BCUT2D eigenvalue weighted by atomic mass is 10.1. The first-order chi connectivity index (χ1) is 12.1. The molecule has 0 saturated carbocycles. The average molecular weight is 350 g/mol. The van der Waals surface area contributed by atoms with Crippen molar-refractivity contribution < 1.29 is 0 Å². The van der Waals surface area contributed by atoms with Gasteiger partial charge in [-0.25, -0.2) is 0 Å². The van der Waals surface area contributed by atoms with Crippen molar-refractivity contribution in [2.45, 2.75) is 27.2 Å². The van der Waals surface area contributed by atoms with Crippen molar-refractivity contribution in [3.63, 3.8) is 0 Å². The topological polar surface area (TPSA) is 29.0 Å². The van der Waals surface area contributed by atoms with Crippen LogP contribution in [0.1, 0.15) is 23.9 Å². The summed E-state index contributed by atoms with van der Waals surface area (Å²) in [4.78, 5) is 0. The molecule has 0 saturated heterocycles. The van der Waals surface area contributed by atoms with E-state index in [0.717, 1.165) is 23.5 Å². The van der Waals surface area contributed by atoms with Gasteiger partial charge in [-0.05, 0) is 80.5 Å². The Morgan fingerprint density at radius 3 is 2.16 bits per heavy atom. The predicted molar refractivity (Wildman–Crippen MR) is 111 cm³/mol. The normalized spacial score (nSPS) is 10.5. The standard InChI is InChI=1S/C21H23N3S/c1-4-17-7-5-6-8-20(17)23-21(25)22-18-11-13-19(14-12-18)24-15(2)9-10-16(24)3/h5-14H,4H2,1-3H3,(H2,22,23,25). The number of aryl methyl sites for hydroxylation is 3. The predicted octanol–water partition coefficient (Wildman–Crippen LogP) is 5.47. The lowest BCUT2D eigenvalue weighted by Crippen LogP contribution is -2.19. The van der Waals surface area contributed by atoms with Gasteiger partial charge in [0.05, 0.1) is 0 Å². The molecular formula is C21H23N3S. The van der Waals surface area contributed by atoms with E-state index >= 15 is 0 Å². The molecule has 1 heterocycles. The quantitative estimate of drug-likeness (QED) is 0.612. The van der Waals surface area contributed by atoms with E-state index in [-0.39, 0.29) is 0 Å². The minimum Gasteiger partial charge on any atom is -0.332 e. The first kappa shape index (κ1) is 17.2. The monoisotopic (exact) mass is 349 g/mol. The molecule has 0 bridgehead atoms. The Kier molecular flexibility index (Phi) is 5.19. The summed E-state index contributed by atoms with van der Waals surface area (Å²) in [7, 11) is 0. The molecule has 3 aromatic rings. The number of para-hydroxylation sites is 1. The summed E-state index contributed by atoms with van der Waals surface area (Å²) in [6.07, 6.45) is 0.968. The first-order valence-electron chi connectivity index (χ1n) is 8.50. The second-order valence-corrected chi connectivity index (χ2v) is 6.50. The van der Waals surface area contributed by atoms with E-state index in [1.165, 1.54) is 17.0 Å². The molecule has 2 N–H and O–H groups in total. The van der Waals surface area contributed by atoms with Crippen molar-refractivity contribution >= 4 is 28.7 Å². The average Bonchev–Trinajstić information content (AvgIpc) is 2.95. The van der Waals surface area contributed by atoms with Crippen molar-refractivity contribution in [1.82, 2.24) is 4.57 Å². The van der Waals surface area contributed by atoms with E-state index in [1.54, 1.807) is 0 Å². The molecule has 1 aromatic heterocycles. The number of nitrogens with zero attached hydrogens (tertiary/aromatic N) is 1. The molecule has 0 aliphatic heterocycles. The van der Waals surface area contributed by atoms with Crippen LogP contribution in [0.3, 0.4) is 0 Å². The molecule has 3 rings (SSSR count). The molecule has 2 aromatic carbocycles. The van der Waals surface area contributed by atoms with Gasteiger partial charge in [0.1, 0.15) is 0 Å². The highest BCUT2D eigenvalue weighted by molar-refractivity contribution is 7.80. The molecule has 0 unspecified atom stereocenters. The Hall–Kier alpha value is -2.59. The first-order valence-corrected chi connectivity index (χ1v) is 8.90. The SMILES string of the molecule is CCc1ccccc1NC(=S)Nc1ccc(-n2c(C)ccc2C)cc1. The van der Waals surface area contributed by atoms with Crippen LogP contribution in [0.4, 0.5) is 11.4 Å². The number of hydrogen-bond donors (Lipinski definition) is 2. The van der Waals surface area contributed by atoms with E-state index < -0.39 is 0 Å². The van der Waals surface area contributed by atoms with Crippen LogP contribution in [0, 0.1) is 13.8 Å². The molecule has 0 amide bonds. The molecular weight excluding hydrogens is 326 g/mol. The van der Waals surface area contributed by atoms with Gasteiger partial charge in [-0.1, -0.05) is 25.1 Å². The molecule has 0 radical (unpaired) electrons. The summed E-state index contributed by atoms with van der Waals surface area (Å²) in [5.74, 6) is 0. The minimum atomic E-state index is 0.599. The maximum Gasteiger partial charge on any atom is 0.175 e. The van der Waals surface area contributed by atoms with Crippen LogP contribution in [0.5, 0.6) is 0 Å². The Bertz CT molecular complexity index is 859. The fourth-order valence-corrected chi connectivity index (χ4v) is 3.23. The number of rotatable bonds is 4. The second-order valence-electron chi connectivity index (χ2n) is 6.09. The molecule has 25 heavy (non-hydrogen) atoms. The van der Waals surface area contributed by atoms with Crippen molar-refractivity contribution in [2.24, 2.45) is 0 Å². The van der Waals surface area contributed by atoms with Crippen LogP contribution in [0.25, 0.3) is 5.69 Å². The number of nitrogens with one attached hydrogen (secondary N) is 2. The fraction of sp³-hybridized carbons (Fsp3) is 0.190. The molecule has 3 nitrogen and oxygen atoms in total. The molecule has 0 aliphatic carbocycles. The summed E-state index contributed by atoms with van der Waals surface area (Å²) < 4.78 is 2.23. The van der Waals surface area contributed by atoms with E-state index in [2.05, 4.69) is 66.3 Å².